The maximum Gasteiger partial charge on any atom is 0.257 e. The van der Waals surface area contributed by atoms with Crippen LogP contribution in [0.3, 0.4) is 0 Å². The summed E-state index contributed by atoms with van der Waals surface area (Å²) in [6.07, 6.45) is 5.24. The summed E-state index contributed by atoms with van der Waals surface area (Å²) in [6.45, 7) is 0.503. The number of hydrogen-bond donors (Lipinski definition) is 2. The number of aromatic nitrogens is 7. The molecule has 0 aromatic carbocycles. The molecule has 0 unspecified atom stereocenters. The van der Waals surface area contributed by atoms with Crippen molar-refractivity contribution in [3.63, 3.8) is 0 Å². The summed E-state index contributed by atoms with van der Waals surface area (Å²) >= 11 is 0. The van der Waals surface area contributed by atoms with Crippen LogP contribution in [-0.2, 0) is 13.6 Å². The molecule has 0 bridgehead atoms. The van der Waals surface area contributed by atoms with Crippen molar-refractivity contribution in [3.05, 3.63) is 36.4 Å². The first-order valence-electron chi connectivity index (χ1n) is 5.95. The van der Waals surface area contributed by atoms with Crippen LogP contribution in [0.5, 0.6) is 0 Å². The molecular formula is C11H13N9. The molecule has 0 amide bonds. The number of nitrogens with zero attached hydrogens (tertiary/aromatic N) is 7. The number of nitrogens with one attached hydrogen (secondary N) is 1. The maximum atomic E-state index is 5.68. The van der Waals surface area contributed by atoms with Crippen LogP contribution in [0, 0.1) is 0 Å². The van der Waals surface area contributed by atoms with E-state index in [9.17, 15) is 0 Å². The van der Waals surface area contributed by atoms with Crippen molar-refractivity contribution in [2.75, 3.05) is 11.1 Å². The Bertz CT molecular complexity index is 701. The molecule has 3 aromatic heterocycles. The first-order chi connectivity index (χ1) is 9.70. The van der Waals surface area contributed by atoms with Gasteiger partial charge in [0.1, 0.15) is 0 Å². The Morgan fingerprint density at radius 1 is 1.25 bits per heavy atom. The van der Waals surface area contributed by atoms with Gasteiger partial charge in [-0.1, -0.05) is 0 Å². The Balaban J connectivity index is 1.79. The molecule has 3 heterocycles. The van der Waals surface area contributed by atoms with Crippen molar-refractivity contribution in [2.45, 2.75) is 6.54 Å². The SMILES string of the molecule is Cn1ccc(CNc2nc(N)nc(-n3cccn3)n2)n1. The fourth-order valence-corrected chi connectivity index (χ4v) is 1.68. The summed E-state index contributed by atoms with van der Waals surface area (Å²) in [7, 11) is 1.86. The Morgan fingerprint density at radius 2 is 2.15 bits per heavy atom. The van der Waals surface area contributed by atoms with Crippen LogP contribution < -0.4 is 11.1 Å². The lowest BCUT2D eigenvalue weighted by Gasteiger charge is -2.05. The largest absolute Gasteiger partial charge is 0.368 e. The second kappa shape index (κ2) is 4.96. The summed E-state index contributed by atoms with van der Waals surface area (Å²) in [5.41, 5.74) is 6.56. The monoisotopic (exact) mass is 271 g/mol. The zero-order valence-corrected chi connectivity index (χ0v) is 10.8. The molecule has 0 aliphatic carbocycles. The van der Waals surface area contributed by atoms with Crippen molar-refractivity contribution in [2.24, 2.45) is 7.05 Å². The molecular weight excluding hydrogens is 258 g/mol. The highest BCUT2D eigenvalue weighted by Crippen LogP contribution is 2.07. The van der Waals surface area contributed by atoms with Gasteiger partial charge in [0.05, 0.1) is 12.2 Å². The molecule has 0 aliphatic heterocycles. The van der Waals surface area contributed by atoms with Gasteiger partial charge in [0.25, 0.3) is 5.95 Å². The van der Waals surface area contributed by atoms with Gasteiger partial charge >= 0.3 is 0 Å². The van der Waals surface area contributed by atoms with Gasteiger partial charge in [0.15, 0.2) is 0 Å². The third-order valence-corrected chi connectivity index (χ3v) is 2.55. The minimum absolute atomic E-state index is 0.133. The van der Waals surface area contributed by atoms with Crippen LogP contribution in [0.2, 0.25) is 0 Å². The van der Waals surface area contributed by atoms with E-state index in [1.165, 1.54) is 4.68 Å². The lowest BCUT2D eigenvalue weighted by atomic mass is 10.4. The first kappa shape index (κ1) is 12.1. The van der Waals surface area contributed by atoms with Gasteiger partial charge in [-0.3, -0.25) is 4.68 Å². The normalized spacial score (nSPS) is 10.7. The molecule has 0 spiro atoms. The van der Waals surface area contributed by atoms with Gasteiger partial charge in [-0.25, -0.2) is 4.68 Å². The quantitative estimate of drug-likeness (QED) is 0.686. The van der Waals surface area contributed by atoms with E-state index in [2.05, 4.69) is 30.5 Å². The molecule has 3 aromatic rings. The fraction of sp³-hybridized carbons (Fsp3) is 0.182. The van der Waals surface area contributed by atoms with E-state index in [1.807, 2.05) is 19.3 Å². The van der Waals surface area contributed by atoms with Gasteiger partial charge in [0, 0.05) is 25.6 Å². The minimum atomic E-state index is 0.133. The second-order valence-corrected chi connectivity index (χ2v) is 4.10. The van der Waals surface area contributed by atoms with E-state index in [-0.39, 0.29) is 5.95 Å². The van der Waals surface area contributed by atoms with Crippen LogP contribution in [0.15, 0.2) is 30.7 Å². The Hall–Kier alpha value is -2.97. The molecule has 3 N–H and O–H groups in total. The average Bonchev–Trinajstić information content (AvgIpc) is 3.07. The van der Waals surface area contributed by atoms with Gasteiger partial charge in [0.2, 0.25) is 11.9 Å². The summed E-state index contributed by atoms with van der Waals surface area (Å²) in [5, 5.41) is 11.4. The number of nitrogen functional groups attached to an aromatic ring is 1. The van der Waals surface area contributed by atoms with Crippen LogP contribution in [0.1, 0.15) is 5.69 Å². The van der Waals surface area contributed by atoms with Gasteiger partial charge in [-0.2, -0.15) is 25.1 Å². The predicted molar refractivity (Wildman–Crippen MR) is 71.9 cm³/mol. The number of nitrogens with two attached hydrogens (primary N) is 1. The van der Waals surface area contributed by atoms with E-state index in [1.54, 1.807) is 23.1 Å². The van der Waals surface area contributed by atoms with Gasteiger partial charge in [-0.05, 0) is 12.1 Å². The molecule has 0 fully saturated rings. The summed E-state index contributed by atoms with van der Waals surface area (Å²) in [6, 6.07) is 3.69. The number of rotatable bonds is 4. The highest BCUT2D eigenvalue weighted by molar-refractivity contribution is 5.35. The van der Waals surface area contributed by atoms with E-state index < -0.39 is 0 Å². The van der Waals surface area contributed by atoms with Gasteiger partial charge in [-0.15, -0.1) is 0 Å². The number of anilines is 2. The molecule has 0 radical (unpaired) electrons. The molecule has 9 heteroatoms. The summed E-state index contributed by atoms with van der Waals surface area (Å²) in [4.78, 5) is 12.3. The van der Waals surface area contributed by atoms with Crippen LogP contribution in [-0.4, -0.2) is 34.5 Å². The van der Waals surface area contributed by atoms with Gasteiger partial charge < -0.3 is 11.1 Å². The van der Waals surface area contributed by atoms with Crippen molar-refractivity contribution < 1.29 is 0 Å². The number of hydrogen-bond acceptors (Lipinski definition) is 7. The molecule has 0 aliphatic rings. The number of aryl methyl sites for hydroxylation is 1. The third-order valence-electron chi connectivity index (χ3n) is 2.55. The lowest BCUT2D eigenvalue weighted by molar-refractivity contribution is 0.745. The molecule has 0 saturated heterocycles. The van der Waals surface area contributed by atoms with Crippen LogP contribution in [0.25, 0.3) is 5.95 Å². The average molecular weight is 271 g/mol. The third kappa shape index (κ3) is 2.55. The highest BCUT2D eigenvalue weighted by Gasteiger charge is 2.07. The van der Waals surface area contributed by atoms with E-state index in [0.29, 0.717) is 18.4 Å². The van der Waals surface area contributed by atoms with Crippen LogP contribution in [0.4, 0.5) is 11.9 Å². The zero-order chi connectivity index (χ0) is 13.9. The first-order valence-corrected chi connectivity index (χ1v) is 5.95. The summed E-state index contributed by atoms with van der Waals surface area (Å²) < 4.78 is 3.25. The van der Waals surface area contributed by atoms with Crippen molar-refractivity contribution in [1.82, 2.24) is 34.5 Å². The van der Waals surface area contributed by atoms with Crippen molar-refractivity contribution >= 4 is 11.9 Å². The van der Waals surface area contributed by atoms with E-state index in [0.717, 1.165) is 5.69 Å². The van der Waals surface area contributed by atoms with E-state index in [4.69, 9.17) is 5.73 Å². The standard InChI is InChI=1S/C11H13N9/c1-19-6-3-8(18-19)7-13-10-15-9(12)16-11(17-10)20-5-2-4-14-20/h2-6H,7H2,1H3,(H3,12,13,15,16,17). The fourth-order valence-electron chi connectivity index (χ4n) is 1.68. The molecule has 0 saturated carbocycles. The zero-order valence-electron chi connectivity index (χ0n) is 10.8. The Labute approximate surface area is 114 Å². The predicted octanol–water partition coefficient (Wildman–Crippen LogP) is -0.0149. The Morgan fingerprint density at radius 3 is 2.85 bits per heavy atom. The lowest BCUT2D eigenvalue weighted by Crippen LogP contribution is -2.11. The molecule has 0 atom stereocenters. The van der Waals surface area contributed by atoms with E-state index >= 15 is 0 Å². The molecule has 102 valence electrons. The maximum absolute atomic E-state index is 5.68. The highest BCUT2D eigenvalue weighted by atomic mass is 15.4. The second-order valence-electron chi connectivity index (χ2n) is 4.10. The molecule has 9 nitrogen and oxygen atoms in total. The van der Waals surface area contributed by atoms with Crippen LogP contribution >= 0.6 is 0 Å². The Kier molecular flexibility index (Phi) is 2.99. The topological polar surface area (TPSA) is 112 Å². The van der Waals surface area contributed by atoms with Crippen molar-refractivity contribution in [3.8, 4) is 5.95 Å². The molecule has 20 heavy (non-hydrogen) atoms. The summed E-state index contributed by atoms with van der Waals surface area (Å²) in [5.74, 6) is 0.883. The van der Waals surface area contributed by atoms with Crippen molar-refractivity contribution in [1.29, 1.82) is 0 Å². The minimum Gasteiger partial charge on any atom is -0.368 e. The molecule has 3 rings (SSSR count). The smallest absolute Gasteiger partial charge is 0.257 e.